The molecule has 5 nitrogen and oxygen atoms in total. The lowest BCUT2D eigenvalue weighted by Crippen LogP contribution is -2.36. The molecule has 0 N–H and O–H groups in total. The van der Waals surface area contributed by atoms with E-state index in [-0.39, 0.29) is 11.9 Å². The highest BCUT2D eigenvalue weighted by Crippen LogP contribution is 2.33. The lowest BCUT2D eigenvalue weighted by Gasteiger charge is -2.22. The Kier molecular flexibility index (Phi) is 4.59. The quantitative estimate of drug-likeness (QED) is 0.838. The van der Waals surface area contributed by atoms with Crippen molar-refractivity contribution in [1.29, 1.82) is 0 Å². The van der Waals surface area contributed by atoms with Gasteiger partial charge in [0, 0.05) is 11.4 Å². The van der Waals surface area contributed by atoms with E-state index in [9.17, 15) is 4.79 Å². The number of nitrogens with zero attached hydrogens (tertiary/aromatic N) is 3. The van der Waals surface area contributed by atoms with Crippen LogP contribution in [0.1, 0.15) is 36.6 Å². The van der Waals surface area contributed by atoms with Crippen LogP contribution in [0.4, 0.5) is 0 Å². The zero-order valence-corrected chi connectivity index (χ0v) is 14.7. The molecule has 2 aliphatic rings. The minimum Gasteiger partial charge on any atom is -0.467 e. The van der Waals surface area contributed by atoms with Crippen LogP contribution in [0.2, 0.25) is 5.02 Å². The number of rotatable bonds is 4. The van der Waals surface area contributed by atoms with E-state index in [0.717, 1.165) is 43.0 Å². The molecule has 0 bridgehead atoms. The summed E-state index contributed by atoms with van der Waals surface area (Å²) in [5.74, 6) is 0.787. The van der Waals surface area contributed by atoms with Gasteiger partial charge in [-0.3, -0.25) is 9.69 Å². The highest BCUT2D eigenvalue weighted by atomic mass is 35.5. The number of hydrazone groups is 1. The van der Waals surface area contributed by atoms with Gasteiger partial charge in [0.2, 0.25) is 0 Å². The first-order chi connectivity index (χ1) is 12.2. The topological polar surface area (TPSA) is 49.1 Å². The smallest absolute Gasteiger partial charge is 0.257 e. The van der Waals surface area contributed by atoms with Crippen molar-refractivity contribution >= 4 is 23.2 Å². The molecule has 0 saturated carbocycles. The maximum absolute atomic E-state index is 12.9. The number of hydrogen-bond acceptors (Lipinski definition) is 4. The molecule has 0 spiro atoms. The molecule has 3 heterocycles. The van der Waals surface area contributed by atoms with Gasteiger partial charge in [0.05, 0.1) is 18.5 Å². The average molecular weight is 358 g/mol. The number of halogens is 1. The number of carbonyl (C=O) groups excluding carboxylic acids is 1. The summed E-state index contributed by atoms with van der Waals surface area (Å²) in [5, 5.41) is 6.92. The van der Waals surface area contributed by atoms with Crippen LogP contribution in [0.25, 0.3) is 0 Å². The molecule has 1 unspecified atom stereocenters. The van der Waals surface area contributed by atoms with E-state index in [1.807, 2.05) is 36.4 Å². The predicted molar refractivity (Wildman–Crippen MR) is 96.6 cm³/mol. The maximum Gasteiger partial charge on any atom is 0.257 e. The molecule has 130 valence electrons. The fourth-order valence-corrected chi connectivity index (χ4v) is 3.59. The Morgan fingerprint density at radius 2 is 1.96 bits per heavy atom. The van der Waals surface area contributed by atoms with Crippen molar-refractivity contribution in [3.8, 4) is 0 Å². The van der Waals surface area contributed by atoms with Crippen LogP contribution >= 0.6 is 11.6 Å². The molecule has 1 saturated heterocycles. The molecule has 1 amide bonds. The zero-order valence-electron chi connectivity index (χ0n) is 13.9. The SMILES string of the molecule is O=C(CN1CCCC1)N1N=C(c2ccc(Cl)cc2)CC1c1ccco1. The van der Waals surface area contributed by atoms with Gasteiger partial charge in [-0.05, 0) is 55.8 Å². The summed E-state index contributed by atoms with van der Waals surface area (Å²) >= 11 is 5.98. The molecular formula is C19H20ClN3O2. The summed E-state index contributed by atoms with van der Waals surface area (Å²) in [4.78, 5) is 15.0. The fourth-order valence-electron chi connectivity index (χ4n) is 3.46. The third-order valence-electron chi connectivity index (χ3n) is 4.77. The van der Waals surface area contributed by atoms with Crippen molar-refractivity contribution in [2.75, 3.05) is 19.6 Å². The predicted octanol–water partition coefficient (Wildman–Crippen LogP) is 3.71. The Hall–Kier alpha value is -2.11. The number of benzene rings is 1. The van der Waals surface area contributed by atoms with Crippen LogP contribution in [0.3, 0.4) is 0 Å². The van der Waals surface area contributed by atoms with E-state index >= 15 is 0 Å². The van der Waals surface area contributed by atoms with Crippen LogP contribution in [-0.2, 0) is 4.79 Å². The third-order valence-corrected chi connectivity index (χ3v) is 5.02. The molecule has 1 aromatic heterocycles. The Balaban J connectivity index is 1.59. The summed E-state index contributed by atoms with van der Waals surface area (Å²) in [5.41, 5.74) is 1.87. The molecular weight excluding hydrogens is 338 g/mol. The molecule has 4 rings (SSSR count). The van der Waals surface area contributed by atoms with Crippen molar-refractivity contribution in [3.05, 3.63) is 59.0 Å². The second-order valence-electron chi connectivity index (χ2n) is 6.51. The molecule has 1 aromatic carbocycles. The first-order valence-corrected chi connectivity index (χ1v) is 9.00. The monoisotopic (exact) mass is 357 g/mol. The van der Waals surface area contributed by atoms with Gasteiger partial charge in [0.25, 0.3) is 5.91 Å². The molecule has 0 aliphatic carbocycles. The van der Waals surface area contributed by atoms with Gasteiger partial charge < -0.3 is 4.42 Å². The van der Waals surface area contributed by atoms with E-state index in [2.05, 4.69) is 10.0 Å². The highest BCUT2D eigenvalue weighted by Gasteiger charge is 2.35. The summed E-state index contributed by atoms with van der Waals surface area (Å²) < 4.78 is 5.57. The molecule has 2 aromatic rings. The minimum atomic E-state index is -0.184. The Bertz CT molecular complexity index is 764. The normalized spacial score (nSPS) is 20.9. The molecule has 1 fully saturated rings. The fraction of sp³-hybridized carbons (Fsp3) is 0.368. The van der Waals surface area contributed by atoms with E-state index in [1.54, 1.807) is 11.3 Å². The van der Waals surface area contributed by atoms with Crippen LogP contribution in [0.15, 0.2) is 52.2 Å². The van der Waals surface area contributed by atoms with Crippen molar-refractivity contribution < 1.29 is 9.21 Å². The van der Waals surface area contributed by atoms with Crippen LogP contribution in [0, 0.1) is 0 Å². The molecule has 6 heteroatoms. The van der Waals surface area contributed by atoms with Gasteiger partial charge in [0.1, 0.15) is 11.8 Å². The van der Waals surface area contributed by atoms with E-state index in [0.29, 0.717) is 18.0 Å². The second kappa shape index (κ2) is 7.02. The first kappa shape index (κ1) is 16.4. The Morgan fingerprint density at radius 1 is 1.20 bits per heavy atom. The molecule has 0 radical (unpaired) electrons. The number of likely N-dealkylation sites (tertiary alicyclic amines) is 1. The summed E-state index contributed by atoms with van der Waals surface area (Å²) in [7, 11) is 0. The van der Waals surface area contributed by atoms with Crippen LogP contribution in [0.5, 0.6) is 0 Å². The molecule has 2 aliphatic heterocycles. The lowest BCUT2D eigenvalue weighted by atomic mass is 10.0. The highest BCUT2D eigenvalue weighted by molar-refractivity contribution is 6.30. The van der Waals surface area contributed by atoms with Gasteiger partial charge in [0.15, 0.2) is 0 Å². The lowest BCUT2D eigenvalue weighted by molar-refractivity contribution is -0.134. The Labute approximate surface area is 151 Å². The minimum absolute atomic E-state index is 0.0206. The van der Waals surface area contributed by atoms with Gasteiger partial charge >= 0.3 is 0 Å². The van der Waals surface area contributed by atoms with E-state index in [1.165, 1.54) is 0 Å². The molecule has 1 atom stereocenters. The van der Waals surface area contributed by atoms with Crippen molar-refractivity contribution in [3.63, 3.8) is 0 Å². The van der Waals surface area contributed by atoms with Gasteiger partial charge in [-0.15, -0.1) is 0 Å². The van der Waals surface area contributed by atoms with Gasteiger partial charge in [-0.25, -0.2) is 5.01 Å². The standard InChI is InChI=1S/C19H20ClN3O2/c20-15-7-5-14(6-8-15)16-12-17(18-4-3-11-25-18)23(21-16)19(24)13-22-9-1-2-10-22/h3-8,11,17H,1-2,9-10,12-13H2. The summed E-state index contributed by atoms with van der Waals surface area (Å²) in [6, 6.07) is 11.1. The van der Waals surface area contributed by atoms with Crippen molar-refractivity contribution in [1.82, 2.24) is 9.91 Å². The van der Waals surface area contributed by atoms with Crippen molar-refractivity contribution in [2.24, 2.45) is 5.10 Å². The van der Waals surface area contributed by atoms with Crippen LogP contribution in [-0.4, -0.2) is 41.2 Å². The Morgan fingerprint density at radius 3 is 2.64 bits per heavy atom. The average Bonchev–Trinajstić information content (AvgIpc) is 3.36. The van der Waals surface area contributed by atoms with Gasteiger partial charge in [-0.2, -0.15) is 5.10 Å². The van der Waals surface area contributed by atoms with Gasteiger partial charge in [-0.1, -0.05) is 23.7 Å². The number of amides is 1. The first-order valence-electron chi connectivity index (χ1n) is 8.62. The number of carbonyl (C=O) groups is 1. The van der Waals surface area contributed by atoms with E-state index in [4.69, 9.17) is 16.0 Å². The van der Waals surface area contributed by atoms with Crippen molar-refractivity contribution in [2.45, 2.75) is 25.3 Å². The summed E-state index contributed by atoms with van der Waals surface area (Å²) in [6.07, 6.45) is 4.60. The number of hydrogen-bond donors (Lipinski definition) is 0. The zero-order chi connectivity index (χ0) is 17.2. The second-order valence-corrected chi connectivity index (χ2v) is 6.95. The number of furan rings is 1. The van der Waals surface area contributed by atoms with E-state index < -0.39 is 0 Å². The largest absolute Gasteiger partial charge is 0.467 e. The molecule has 25 heavy (non-hydrogen) atoms. The maximum atomic E-state index is 12.9. The van der Waals surface area contributed by atoms with Crippen LogP contribution < -0.4 is 0 Å². The third kappa shape index (κ3) is 3.48. The summed E-state index contributed by atoms with van der Waals surface area (Å²) in [6.45, 7) is 2.38.